The van der Waals surface area contributed by atoms with Crippen LogP contribution in [-0.4, -0.2) is 40.8 Å². The highest BCUT2D eigenvalue weighted by Gasteiger charge is 2.30. The van der Waals surface area contributed by atoms with Crippen LogP contribution in [0.15, 0.2) is 30.3 Å². The van der Waals surface area contributed by atoms with Crippen LogP contribution in [0.1, 0.15) is 26.3 Å². The van der Waals surface area contributed by atoms with E-state index >= 15 is 0 Å². The summed E-state index contributed by atoms with van der Waals surface area (Å²) in [6.07, 6.45) is -0.396. The van der Waals surface area contributed by atoms with E-state index in [1.807, 2.05) is 30.3 Å². The lowest BCUT2D eigenvalue weighted by Gasteiger charge is -2.28. The summed E-state index contributed by atoms with van der Waals surface area (Å²) in [6.45, 7) is 5.23. The molecule has 5 heteroatoms. The molecule has 0 saturated carbocycles. The largest absolute Gasteiger partial charge is 0.480 e. The Kier molecular flexibility index (Phi) is 5.13. The Labute approximate surface area is 119 Å². The molecule has 0 radical (unpaired) electrons. The maximum absolute atomic E-state index is 11.9. The molecule has 1 aromatic carbocycles. The smallest absolute Gasteiger partial charge is 0.410 e. The molecule has 0 aromatic heterocycles. The maximum atomic E-state index is 11.9. The zero-order chi connectivity index (χ0) is 15.3. The predicted molar refractivity (Wildman–Crippen MR) is 75.6 cm³/mol. The van der Waals surface area contributed by atoms with Crippen LogP contribution in [0.5, 0.6) is 0 Å². The van der Waals surface area contributed by atoms with Crippen LogP contribution in [0, 0.1) is 0 Å². The third kappa shape index (κ3) is 4.91. The van der Waals surface area contributed by atoms with Crippen molar-refractivity contribution in [3.8, 4) is 0 Å². The van der Waals surface area contributed by atoms with Gasteiger partial charge in [-0.1, -0.05) is 30.3 Å². The molecule has 110 valence electrons. The van der Waals surface area contributed by atoms with Crippen molar-refractivity contribution in [3.63, 3.8) is 0 Å². The lowest BCUT2D eigenvalue weighted by Crippen LogP contribution is -2.46. The molecule has 0 heterocycles. The van der Waals surface area contributed by atoms with Gasteiger partial charge >= 0.3 is 12.1 Å². The molecule has 0 bridgehead atoms. The van der Waals surface area contributed by atoms with Gasteiger partial charge in [-0.05, 0) is 26.3 Å². The Hall–Kier alpha value is -2.04. The minimum Gasteiger partial charge on any atom is -0.480 e. The summed E-state index contributed by atoms with van der Waals surface area (Å²) in [5.74, 6) is -1.05. The zero-order valence-electron chi connectivity index (χ0n) is 12.3. The number of hydrogen-bond donors (Lipinski definition) is 1. The lowest BCUT2D eigenvalue weighted by molar-refractivity contribution is -0.142. The SMILES string of the molecule is CN(C(=O)OC(C)(C)C)[C@H](Cc1ccccc1)C(=O)O. The van der Waals surface area contributed by atoms with Crippen LogP contribution in [0.25, 0.3) is 0 Å². The molecule has 20 heavy (non-hydrogen) atoms. The van der Waals surface area contributed by atoms with Crippen molar-refractivity contribution >= 4 is 12.1 Å². The molecule has 0 aliphatic heterocycles. The minimum atomic E-state index is -1.05. The quantitative estimate of drug-likeness (QED) is 0.919. The molecule has 0 saturated heterocycles. The molecular weight excluding hydrogens is 258 g/mol. The summed E-state index contributed by atoms with van der Waals surface area (Å²) in [5, 5.41) is 9.30. The number of rotatable bonds is 4. The molecule has 1 aromatic rings. The molecule has 0 unspecified atom stereocenters. The first-order valence-electron chi connectivity index (χ1n) is 6.43. The number of amides is 1. The van der Waals surface area contributed by atoms with E-state index in [9.17, 15) is 14.7 Å². The normalized spacial score (nSPS) is 12.6. The number of benzene rings is 1. The Bertz CT molecular complexity index is 465. The van der Waals surface area contributed by atoms with Crippen LogP contribution < -0.4 is 0 Å². The monoisotopic (exact) mass is 279 g/mol. The van der Waals surface area contributed by atoms with Gasteiger partial charge in [0.25, 0.3) is 0 Å². The summed E-state index contributed by atoms with van der Waals surface area (Å²) in [6, 6.07) is 8.24. The number of carbonyl (C=O) groups excluding carboxylic acids is 1. The van der Waals surface area contributed by atoms with Crippen LogP contribution in [0.2, 0.25) is 0 Å². The second kappa shape index (κ2) is 6.41. The van der Waals surface area contributed by atoms with E-state index in [1.165, 1.54) is 7.05 Å². The van der Waals surface area contributed by atoms with E-state index in [1.54, 1.807) is 20.8 Å². The highest BCUT2D eigenvalue weighted by atomic mass is 16.6. The van der Waals surface area contributed by atoms with Crippen molar-refractivity contribution in [1.82, 2.24) is 4.90 Å². The Balaban J connectivity index is 2.81. The number of carboxylic acids is 1. The number of ether oxygens (including phenoxy) is 1. The fourth-order valence-electron chi connectivity index (χ4n) is 1.69. The number of hydrogen-bond acceptors (Lipinski definition) is 3. The van der Waals surface area contributed by atoms with Crippen molar-refractivity contribution in [2.45, 2.75) is 38.8 Å². The fraction of sp³-hybridized carbons (Fsp3) is 0.467. The van der Waals surface area contributed by atoms with E-state index in [2.05, 4.69) is 0 Å². The molecule has 1 rings (SSSR count). The Morgan fingerprint density at radius 3 is 2.25 bits per heavy atom. The molecular formula is C15H21NO4. The molecule has 1 amide bonds. The summed E-state index contributed by atoms with van der Waals surface area (Å²) >= 11 is 0. The van der Waals surface area contributed by atoms with Gasteiger partial charge in [-0.15, -0.1) is 0 Å². The van der Waals surface area contributed by atoms with E-state index in [0.29, 0.717) is 0 Å². The molecule has 0 spiro atoms. The van der Waals surface area contributed by atoms with Gasteiger partial charge in [0.1, 0.15) is 11.6 Å². The van der Waals surface area contributed by atoms with Crippen LogP contribution in [0.4, 0.5) is 4.79 Å². The molecule has 0 aliphatic rings. The minimum absolute atomic E-state index is 0.242. The standard InChI is InChI=1S/C15H21NO4/c1-15(2,3)20-14(19)16(4)12(13(17)18)10-11-8-6-5-7-9-11/h5-9,12H,10H2,1-4H3,(H,17,18)/t12-/m1/s1. The third-order valence-electron chi connectivity index (χ3n) is 2.71. The summed E-state index contributed by atoms with van der Waals surface area (Å²) in [5.41, 5.74) is 0.205. The molecule has 1 atom stereocenters. The molecule has 1 N–H and O–H groups in total. The Morgan fingerprint density at radius 1 is 1.25 bits per heavy atom. The predicted octanol–water partition coefficient (Wildman–Crippen LogP) is 2.55. The van der Waals surface area contributed by atoms with Gasteiger partial charge in [-0.3, -0.25) is 4.90 Å². The van der Waals surface area contributed by atoms with Crippen molar-refractivity contribution in [3.05, 3.63) is 35.9 Å². The van der Waals surface area contributed by atoms with Gasteiger partial charge in [0.05, 0.1) is 0 Å². The first-order valence-corrected chi connectivity index (χ1v) is 6.43. The highest BCUT2D eigenvalue weighted by molar-refractivity contribution is 5.80. The average molecular weight is 279 g/mol. The summed E-state index contributed by atoms with van der Waals surface area (Å²) < 4.78 is 5.19. The van der Waals surface area contributed by atoms with Gasteiger partial charge in [-0.2, -0.15) is 0 Å². The van der Waals surface area contributed by atoms with Gasteiger partial charge in [-0.25, -0.2) is 9.59 Å². The van der Waals surface area contributed by atoms with E-state index in [-0.39, 0.29) is 6.42 Å². The molecule has 0 aliphatic carbocycles. The second-order valence-electron chi connectivity index (χ2n) is 5.64. The number of nitrogens with zero attached hydrogens (tertiary/aromatic N) is 1. The average Bonchev–Trinajstić information content (AvgIpc) is 2.34. The first kappa shape index (κ1) is 16.0. The van der Waals surface area contributed by atoms with Gasteiger partial charge in [0.2, 0.25) is 0 Å². The van der Waals surface area contributed by atoms with Crippen molar-refractivity contribution < 1.29 is 19.4 Å². The topological polar surface area (TPSA) is 66.8 Å². The van der Waals surface area contributed by atoms with Gasteiger partial charge < -0.3 is 9.84 Å². The lowest BCUT2D eigenvalue weighted by atomic mass is 10.1. The van der Waals surface area contributed by atoms with Crippen LogP contribution >= 0.6 is 0 Å². The maximum Gasteiger partial charge on any atom is 0.410 e. The number of aliphatic carboxylic acids is 1. The number of likely N-dealkylation sites (N-methyl/N-ethyl adjacent to an activating group) is 1. The van der Waals surface area contributed by atoms with Crippen LogP contribution in [0.3, 0.4) is 0 Å². The zero-order valence-corrected chi connectivity index (χ0v) is 12.3. The highest BCUT2D eigenvalue weighted by Crippen LogP contribution is 2.13. The van der Waals surface area contributed by atoms with Gasteiger partial charge in [0, 0.05) is 13.5 Å². The molecule has 5 nitrogen and oxygen atoms in total. The van der Waals surface area contributed by atoms with Crippen molar-refractivity contribution in [2.24, 2.45) is 0 Å². The van der Waals surface area contributed by atoms with Gasteiger partial charge in [0.15, 0.2) is 0 Å². The van der Waals surface area contributed by atoms with E-state index in [4.69, 9.17) is 4.74 Å². The summed E-state index contributed by atoms with van der Waals surface area (Å²) in [7, 11) is 1.44. The second-order valence-corrected chi connectivity index (χ2v) is 5.64. The first-order chi connectivity index (χ1) is 9.20. The summed E-state index contributed by atoms with van der Waals surface area (Å²) in [4.78, 5) is 24.4. The third-order valence-corrected chi connectivity index (χ3v) is 2.71. The van der Waals surface area contributed by atoms with Crippen molar-refractivity contribution in [1.29, 1.82) is 0 Å². The molecule has 0 fully saturated rings. The number of carbonyl (C=O) groups is 2. The Morgan fingerprint density at radius 2 is 1.80 bits per heavy atom. The van der Waals surface area contributed by atoms with Crippen LogP contribution in [-0.2, 0) is 16.0 Å². The van der Waals surface area contributed by atoms with E-state index < -0.39 is 23.7 Å². The number of carboxylic acid groups (broad SMARTS) is 1. The fourth-order valence-corrected chi connectivity index (χ4v) is 1.69. The van der Waals surface area contributed by atoms with E-state index in [0.717, 1.165) is 10.5 Å². The van der Waals surface area contributed by atoms with Crippen molar-refractivity contribution in [2.75, 3.05) is 7.05 Å².